The number of benzene rings is 4. The number of rotatable bonds is 6. The van der Waals surface area contributed by atoms with E-state index in [0.717, 1.165) is 16.7 Å². The second-order valence-electron chi connectivity index (χ2n) is 7.82. The molecule has 0 aliphatic rings. The van der Waals surface area contributed by atoms with Crippen LogP contribution in [0.15, 0.2) is 102 Å². The number of carbonyl (C=O) groups is 1. The van der Waals surface area contributed by atoms with Crippen molar-refractivity contribution in [3.8, 4) is 11.1 Å². The van der Waals surface area contributed by atoms with Crippen LogP contribution in [0.5, 0.6) is 0 Å². The quantitative estimate of drug-likeness (QED) is 0.372. The topological polar surface area (TPSA) is 75.3 Å². The standard InChI is InChI=1S/C27H24N2O3S/c1-19-12-16-23(17-13-19)29-33(31,32)26-18-22(15-14-20(26)2)27(30)28-25-11-7-6-10-24(25)21-8-4-3-5-9-21/h3-18,29H,1-2H3,(H,28,30). The highest BCUT2D eigenvalue weighted by molar-refractivity contribution is 7.92. The maximum atomic E-state index is 13.1. The summed E-state index contributed by atoms with van der Waals surface area (Å²) in [5.74, 6) is -0.384. The zero-order valence-electron chi connectivity index (χ0n) is 18.4. The first-order chi connectivity index (χ1) is 15.8. The van der Waals surface area contributed by atoms with Crippen molar-refractivity contribution in [1.82, 2.24) is 0 Å². The lowest BCUT2D eigenvalue weighted by molar-refractivity contribution is 0.102. The average molecular weight is 457 g/mol. The molecule has 5 nitrogen and oxygen atoms in total. The highest BCUT2D eigenvalue weighted by atomic mass is 32.2. The van der Waals surface area contributed by atoms with Crippen LogP contribution in [0.4, 0.5) is 11.4 Å². The summed E-state index contributed by atoms with van der Waals surface area (Å²) in [5.41, 5.74) is 4.81. The Morgan fingerprint density at radius 3 is 2.15 bits per heavy atom. The molecule has 0 saturated heterocycles. The summed E-state index contributed by atoms with van der Waals surface area (Å²) in [7, 11) is -3.87. The summed E-state index contributed by atoms with van der Waals surface area (Å²) in [6.45, 7) is 3.64. The minimum absolute atomic E-state index is 0.0621. The van der Waals surface area contributed by atoms with Crippen molar-refractivity contribution in [1.29, 1.82) is 0 Å². The van der Waals surface area contributed by atoms with Crippen molar-refractivity contribution >= 4 is 27.3 Å². The van der Waals surface area contributed by atoms with Gasteiger partial charge >= 0.3 is 0 Å². The van der Waals surface area contributed by atoms with Gasteiger partial charge in [0.15, 0.2) is 0 Å². The third-order valence-corrected chi connectivity index (χ3v) is 6.83. The summed E-state index contributed by atoms with van der Waals surface area (Å²) in [4.78, 5) is 13.1. The van der Waals surface area contributed by atoms with E-state index in [0.29, 0.717) is 16.9 Å². The molecule has 0 aliphatic heterocycles. The van der Waals surface area contributed by atoms with Crippen LogP contribution in [-0.4, -0.2) is 14.3 Å². The molecule has 0 aliphatic carbocycles. The Bertz CT molecular complexity index is 1400. The van der Waals surface area contributed by atoms with E-state index < -0.39 is 10.0 Å². The lowest BCUT2D eigenvalue weighted by Crippen LogP contribution is -2.17. The van der Waals surface area contributed by atoms with Crippen molar-refractivity contribution in [3.05, 3.63) is 114 Å². The van der Waals surface area contributed by atoms with Gasteiger partial charge in [-0.25, -0.2) is 8.42 Å². The van der Waals surface area contributed by atoms with Crippen LogP contribution in [-0.2, 0) is 10.0 Å². The third kappa shape index (κ3) is 5.13. The molecule has 0 radical (unpaired) electrons. The van der Waals surface area contributed by atoms with Gasteiger partial charge in [0.05, 0.1) is 4.90 Å². The Morgan fingerprint density at radius 2 is 1.42 bits per heavy atom. The van der Waals surface area contributed by atoms with E-state index in [-0.39, 0.29) is 16.4 Å². The van der Waals surface area contributed by atoms with Gasteiger partial charge in [0.25, 0.3) is 15.9 Å². The fourth-order valence-electron chi connectivity index (χ4n) is 3.52. The van der Waals surface area contributed by atoms with E-state index in [2.05, 4.69) is 10.0 Å². The van der Waals surface area contributed by atoms with Gasteiger partial charge in [0.2, 0.25) is 0 Å². The third-order valence-electron chi connectivity index (χ3n) is 5.30. The molecule has 0 unspecified atom stereocenters. The first kappa shape index (κ1) is 22.3. The van der Waals surface area contributed by atoms with Crippen LogP contribution in [0.1, 0.15) is 21.5 Å². The normalized spacial score (nSPS) is 11.1. The molecule has 0 saturated carbocycles. The molecule has 0 aromatic heterocycles. The van der Waals surface area contributed by atoms with Crippen molar-refractivity contribution in [2.45, 2.75) is 18.7 Å². The van der Waals surface area contributed by atoms with Crippen LogP contribution >= 0.6 is 0 Å². The summed E-state index contributed by atoms with van der Waals surface area (Å²) in [6.07, 6.45) is 0. The monoisotopic (exact) mass is 456 g/mol. The number of hydrogen-bond acceptors (Lipinski definition) is 3. The van der Waals surface area contributed by atoms with Crippen molar-refractivity contribution < 1.29 is 13.2 Å². The first-order valence-corrected chi connectivity index (χ1v) is 12.0. The van der Waals surface area contributed by atoms with E-state index in [1.165, 1.54) is 6.07 Å². The minimum Gasteiger partial charge on any atom is -0.321 e. The Labute approximate surface area is 194 Å². The number of carbonyl (C=O) groups excluding carboxylic acids is 1. The van der Waals surface area contributed by atoms with Gasteiger partial charge in [-0.3, -0.25) is 9.52 Å². The molecule has 0 fully saturated rings. The van der Waals surface area contributed by atoms with Gasteiger partial charge in [-0.1, -0.05) is 72.3 Å². The summed E-state index contributed by atoms with van der Waals surface area (Å²) in [6, 6.07) is 29.0. The highest BCUT2D eigenvalue weighted by Crippen LogP contribution is 2.28. The van der Waals surface area contributed by atoms with E-state index >= 15 is 0 Å². The highest BCUT2D eigenvalue weighted by Gasteiger charge is 2.20. The van der Waals surface area contributed by atoms with Crippen LogP contribution in [0.3, 0.4) is 0 Å². The Morgan fingerprint density at radius 1 is 0.758 bits per heavy atom. The van der Waals surface area contributed by atoms with Gasteiger partial charge in [-0.05, 0) is 55.3 Å². The first-order valence-electron chi connectivity index (χ1n) is 10.5. The van der Waals surface area contributed by atoms with Gasteiger partial charge in [-0.15, -0.1) is 0 Å². The largest absolute Gasteiger partial charge is 0.321 e. The number of sulfonamides is 1. The van der Waals surface area contributed by atoms with Crippen molar-refractivity contribution in [2.24, 2.45) is 0 Å². The molecule has 33 heavy (non-hydrogen) atoms. The van der Waals surface area contributed by atoms with E-state index in [1.807, 2.05) is 73.7 Å². The molecule has 0 spiro atoms. The van der Waals surface area contributed by atoms with Crippen LogP contribution < -0.4 is 10.0 Å². The zero-order chi connectivity index (χ0) is 23.4. The second-order valence-corrected chi connectivity index (χ2v) is 9.47. The summed E-state index contributed by atoms with van der Waals surface area (Å²) < 4.78 is 28.7. The van der Waals surface area contributed by atoms with Crippen LogP contribution in [0.2, 0.25) is 0 Å². The number of para-hydroxylation sites is 1. The molecular weight excluding hydrogens is 432 g/mol. The second kappa shape index (κ2) is 9.30. The summed E-state index contributed by atoms with van der Waals surface area (Å²) >= 11 is 0. The SMILES string of the molecule is Cc1ccc(NS(=O)(=O)c2cc(C(=O)Nc3ccccc3-c3ccccc3)ccc2C)cc1. The average Bonchev–Trinajstić information content (AvgIpc) is 2.81. The lowest BCUT2D eigenvalue weighted by Gasteiger charge is -2.14. The molecule has 166 valence electrons. The lowest BCUT2D eigenvalue weighted by atomic mass is 10.0. The molecule has 2 N–H and O–H groups in total. The Kier molecular flexibility index (Phi) is 6.29. The van der Waals surface area contributed by atoms with Gasteiger partial charge in [-0.2, -0.15) is 0 Å². The fraction of sp³-hybridized carbons (Fsp3) is 0.0741. The Hall–Kier alpha value is -3.90. The number of anilines is 2. The van der Waals surface area contributed by atoms with Crippen LogP contribution in [0.25, 0.3) is 11.1 Å². The molecule has 4 aromatic carbocycles. The van der Waals surface area contributed by atoms with Gasteiger partial charge in [0.1, 0.15) is 0 Å². The summed E-state index contributed by atoms with van der Waals surface area (Å²) in [5, 5.41) is 2.93. The predicted molar refractivity (Wildman–Crippen MR) is 133 cm³/mol. The molecule has 0 atom stereocenters. The smallest absolute Gasteiger partial charge is 0.262 e. The van der Waals surface area contributed by atoms with Crippen LogP contribution in [0, 0.1) is 13.8 Å². The van der Waals surface area contributed by atoms with Gasteiger partial charge in [0, 0.05) is 22.5 Å². The maximum absolute atomic E-state index is 13.1. The van der Waals surface area contributed by atoms with E-state index in [1.54, 1.807) is 31.2 Å². The Balaban J connectivity index is 1.62. The number of aryl methyl sites for hydroxylation is 2. The molecule has 6 heteroatoms. The number of nitrogens with one attached hydrogen (secondary N) is 2. The molecule has 4 rings (SSSR count). The van der Waals surface area contributed by atoms with Crippen molar-refractivity contribution in [2.75, 3.05) is 10.0 Å². The maximum Gasteiger partial charge on any atom is 0.262 e. The van der Waals surface area contributed by atoms with Gasteiger partial charge < -0.3 is 5.32 Å². The molecule has 1 amide bonds. The molecule has 4 aromatic rings. The molecule has 0 bridgehead atoms. The fourth-order valence-corrected chi connectivity index (χ4v) is 4.85. The number of hydrogen-bond donors (Lipinski definition) is 2. The molecule has 0 heterocycles. The van der Waals surface area contributed by atoms with Crippen molar-refractivity contribution in [3.63, 3.8) is 0 Å². The van der Waals surface area contributed by atoms with E-state index in [4.69, 9.17) is 0 Å². The minimum atomic E-state index is -3.87. The predicted octanol–water partition coefficient (Wildman–Crippen LogP) is 6.02. The zero-order valence-corrected chi connectivity index (χ0v) is 19.2. The number of amides is 1. The van der Waals surface area contributed by atoms with E-state index in [9.17, 15) is 13.2 Å². The molecular formula is C27H24N2O3S.